The number of hydrogen-bond acceptors (Lipinski definition) is 3. The number of carbonyl (C=O) groups excluding carboxylic acids is 1. The van der Waals surface area contributed by atoms with Crippen LogP contribution in [0.25, 0.3) is 10.9 Å². The van der Waals surface area contributed by atoms with Crippen LogP contribution in [-0.2, 0) is 17.9 Å². The number of H-pyrrole nitrogens is 1. The molecule has 1 aromatic heterocycles. The van der Waals surface area contributed by atoms with Crippen LogP contribution in [-0.4, -0.2) is 40.3 Å². The third kappa shape index (κ3) is 4.26. The first-order valence-corrected chi connectivity index (χ1v) is 9.82. The lowest BCUT2D eigenvalue weighted by atomic mass is 10.1. The van der Waals surface area contributed by atoms with Crippen molar-refractivity contribution in [3.05, 3.63) is 81.1 Å². The normalized spacial score (nSPS) is 15.8. The van der Waals surface area contributed by atoms with E-state index < -0.39 is 0 Å². The van der Waals surface area contributed by atoms with E-state index in [4.69, 9.17) is 11.6 Å². The van der Waals surface area contributed by atoms with Gasteiger partial charge in [0, 0.05) is 55.2 Å². The van der Waals surface area contributed by atoms with Crippen molar-refractivity contribution in [1.82, 2.24) is 14.8 Å². The van der Waals surface area contributed by atoms with Gasteiger partial charge >= 0.3 is 0 Å². The van der Waals surface area contributed by atoms with Gasteiger partial charge in [-0.25, -0.2) is 0 Å². The van der Waals surface area contributed by atoms with Crippen molar-refractivity contribution in [2.75, 3.05) is 19.6 Å². The molecule has 1 fully saturated rings. The monoisotopic (exact) mass is 395 g/mol. The summed E-state index contributed by atoms with van der Waals surface area (Å²) < 4.78 is 0. The van der Waals surface area contributed by atoms with Gasteiger partial charge in [0.05, 0.1) is 0 Å². The lowest BCUT2D eigenvalue weighted by Gasteiger charge is -2.22. The summed E-state index contributed by atoms with van der Waals surface area (Å²) in [6.45, 7) is 3.12. The Morgan fingerprint density at radius 1 is 0.929 bits per heavy atom. The Hall–Kier alpha value is -2.63. The van der Waals surface area contributed by atoms with E-state index in [9.17, 15) is 9.59 Å². The molecular formula is C22H22ClN3O2. The second-order valence-corrected chi connectivity index (χ2v) is 7.62. The molecule has 4 rings (SSSR count). The molecule has 28 heavy (non-hydrogen) atoms. The zero-order valence-electron chi connectivity index (χ0n) is 15.5. The number of fused-ring (bicyclic) bond motifs is 1. The maximum atomic E-state index is 12.5. The van der Waals surface area contributed by atoms with Crippen LogP contribution in [0.2, 0.25) is 5.02 Å². The quantitative estimate of drug-likeness (QED) is 0.736. The average Bonchev–Trinajstić information content (AvgIpc) is 2.85. The maximum absolute atomic E-state index is 12.5. The van der Waals surface area contributed by atoms with Crippen molar-refractivity contribution in [2.45, 2.75) is 19.5 Å². The molecule has 2 aromatic carbocycles. The minimum absolute atomic E-state index is 0.0648. The highest BCUT2D eigenvalue weighted by Gasteiger charge is 2.21. The van der Waals surface area contributed by atoms with Crippen LogP contribution in [0.15, 0.2) is 59.4 Å². The van der Waals surface area contributed by atoms with Gasteiger partial charge in [-0.1, -0.05) is 41.9 Å². The second-order valence-electron chi connectivity index (χ2n) is 7.18. The molecule has 1 aliphatic rings. The van der Waals surface area contributed by atoms with Gasteiger partial charge in [-0.3, -0.25) is 14.5 Å². The van der Waals surface area contributed by atoms with E-state index in [0.717, 1.165) is 28.6 Å². The van der Waals surface area contributed by atoms with Crippen LogP contribution in [0.1, 0.15) is 17.5 Å². The SMILES string of the molecule is O=C1CCN(Cc2cc3ccccc3[nH]c2=O)CCN1Cc1cccc(Cl)c1. The number of aromatic amines is 1. The third-order valence-corrected chi connectivity index (χ3v) is 5.40. The molecule has 1 amide bonds. The number of para-hydroxylation sites is 1. The number of aromatic nitrogens is 1. The van der Waals surface area contributed by atoms with E-state index in [2.05, 4.69) is 9.88 Å². The maximum Gasteiger partial charge on any atom is 0.252 e. The number of benzene rings is 2. The van der Waals surface area contributed by atoms with Crippen LogP contribution >= 0.6 is 11.6 Å². The van der Waals surface area contributed by atoms with Crippen LogP contribution in [0, 0.1) is 0 Å². The van der Waals surface area contributed by atoms with Gasteiger partial charge in [0.25, 0.3) is 5.56 Å². The van der Waals surface area contributed by atoms with Gasteiger partial charge in [-0.2, -0.15) is 0 Å². The molecular weight excluding hydrogens is 374 g/mol. The first-order chi connectivity index (χ1) is 13.6. The predicted molar refractivity (Wildman–Crippen MR) is 111 cm³/mol. The number of hydrogen-bond donors (Lipinski definition) is 1. The standard InChI is InChI=1S/C22H22ClN3O2/c23-19-6-3-4-16(12-19)14-26-11-10-25(9-8-21(26)27)15-18-13-17-5-1-2-7-20(17)24-22(18)28/h1-7,12-13H,8-11,14-15H2,(H,24,28). The zero-order valence-corrected chi connectivity index (χ0v) is 16.3. The van der Waals surface area contributed by atoms with Crippen molar-refractivity contribution in [3.8, 4) is 0 Å². The molecule has 1 saturated heterocycles. The Bertz CT molecular complexity index is 1060. The van der Waals surface area contributed by atoms with E-state index in [-0.39, 0.29) is 11.5 Å². The van der Waals surface area contributed by atoms with E-state index >= 15 is 0 Å². The average molecular weight is 396 g/mol. The summed E-state index contributed by atoms with van der Waals surface area (Å²) >= 11 is 6.06. The predicted octanol–water partition coefficient (Wildman–Crippen LogP) is 3.42. The molecule has 0 unspecified atom stereocenters. The van der Waals surface area contributed by atoms with Gasteiger partial charge in [0.15, 0.2) is 0 Å². The minimum atomic E-state index is -0.0648. The van der Waals surface area contributed by atoms with E-state index in [1.165, 1.54) is 0 Å². The fourth-order valence-corrected chi connectivity index (χ4v) is 3.86. The molecule has 1 N–H and O–H groups in total. The van der Waals surface area contributed by atoms with Crippen molar-refractivity contribution in [1.29, 1.82) is 0 Å². The summed E-state index contributed by atoms with van der Waals surface area (Å²) in [7, 11) is 0. The molecule has 0 spiro atoms. The summed E-state index contributed by atoms with van der Waals surface area (Å²) in [6.07, 6.45) is 0.450. The van der Waals surface area contributed by atoms with Crippen LogP contribution in [0.4, 0.5) is 0 Å². The number of rotatable bonds is 4. The number of amides is 1. The first-order valence-electron chi connectivity index (χ1n) is 9.44. The summed E-state index contributed by atoms with van der Waals surface area (Å²) in [5.41, 5.74) is 2.54. The lowest BCUT2D eigenvalue weighted by molar-refractivity contribution is -0.130. The second kappa shape index (κ2) is 8.17. The van der Waals surface area contributed by atoms with Crippen LogP contribution < -0.4 is 5.56 Å². The largest absolute Gasteiger partial charge is 0.337 e. The molecule has 5 nitrogen and oxygen atoms in total. The number of carbonyl (C=O) groups is 1. The van der Waals surface area contributed by atoms with Crippen molar-refractivity contribution in [2.24, 2.45) is 0 Å². The van der Waals surface area contributed by atoms with E-state index in [0.29, 0.717) is 37.6 Å². The first kappa shape index (κ1) is 18.7. The zero-order chi connectivity index (χ0) is 19.5. The van der Waals surface area contributed by atoms with Gasteiger partial charge < -0.3 is 9.88 Å². The minimum Gasteiger partial charge on any atom is -0.337 e. The molecule has 0 saturated carbocycles. The highest BCUT2D eigenvalue weighted by Crippen LogP contribution is 2.16. The highest BCUT2D eigenvalue weighted by molar-refractivity contribution is 6.30. The summed E-state index contributed by atoms with van der Waals surface area (Å²) in [4.78, 5) is 32.0. The molecule has 0 bridgehead atoms. The van der Waals surface area contributed by atoms with Gasteiger partial charge in [-0.15, -0.1) is 0 Å². The molecule has 0 atom stereocenters. The molecule has 0 aliphatic carbocycles. The third-order valence-electron chi connectivity index (χ3n) is 5.17. The number of pyridine rings is 1. The van der Waals surface area contributed by atoms with Gasteiger partial charge in [-0.05, 0) is 35.2 Å². The Morgan fingerprint density at radius 2 is 1.79 bits per heavy atom. The molecule has 3 aromatic rings. The summed E-state index contributed by atoms with van der Waals surface area (Å²) in [5.74, 6) is 0.134. The van der Waals surface area contributed by atoms with E-state index in [1.807, 2.05) is 59.5 Å². The van der Waals surface area contributed by atoms with Crippen molar-refractivity contribution >= 4 is 28.4 Å². The highest BCUT2D eigenvalue weighted by atomic mass is 35.5. The lowest BCUT2D eigenvalue weighted by Crippen LogP contribution is -2.33. The molecule has 6 heteroatoms. The number of halogens is 1. The Balaban J connectivity index is 1.46. The van der Waals surface area contributed by atoms with E-state index in [1.54, 1.807) is 0 Å². The fourth-order valence-electron chi connectivity index (χ4n) is 3.64. The molecule has 1 aliphatic heterocycles. The topological polar surface area (TPSA) is 56.4 Å². The van der Waals surface area contributed by atoms with Gasteiger partial charge in [0.1, 0.15) is 0 Å². The number of nitrogens with zero attached hydrogens (tertiary/aromatic N) is 2. The smallest absolute Gasteiger partial charge is 0.252 e. The van der Waals surface area contributed by atoms with Gasteiger partial charge in [0.2, 0.25) is 5.91 Å². The molecule has 0 radical (unpaired) electrons. The molecule has 144 valence electrons. The number of nitrogens with one attached hydrogen (secondary N) is 1. The molecule has 2 heterocycles. The van der Waals surface area contributed by atoms with Crippen LogP contribution in [0.3, 0.4) is 0 Å². The van der Waals surface area contributed by atoms with Crippen molar-refractivity contribution in [3.63, 3.8) is 0 Å². The Morgan fingerprint density at radius 3 is 2.64 bits per heavy atom. The summed E-state index contributed by atoms with van der Waals surface area (Å²) in [5, 5.41) is 1.70. The van der Waals surface area contributed by atoms with Crippen molar-refractivity contribution < 1.29 is 4.79 Å². The Kier molecular flexibility index (Phi) is 5.46. The summed E-state index contributed by atoms with van der Waals surface area (Å²) in [6, 6.07) is 17.3. The Labute approximate surface area is 168 Å². The van der Waals surface area contributed by atoms with Crippen LogP contribution in [0.5, 0.6) is 0 Å². The fraction of sp³-hybridized carbons (Fsp3) is 0.273.